The first-order valence-corrected chi connectivity index (χ1v) is 5.49. The number of halogens is 1. The van der Waals surface area contributed by atoms with Gasteiger partial charge >= 0.3 is 0 Å². The highest BCUT2D eigenvalue weighted by Crippen LogP contribution is 2.08. The Bertz CT molecular complexity index is 265. The average Bonchev–Trinajstić information content (AvgIpc) is 2.09. The summed E-state index contributed by atoms with van der Waals surface area (Å²) in [6.07, 6.45) is 4.42. The Hall–Kier alpha value is -0.230. The predicted octanol–water partition coefficient (Wildman–Crippen LogP) is 1.62. The molecule has 0 aromatic carbocycles. The van der Waals surface area contributed by atoms with Gasteiger partial charge in [0.1, 0.15) is 6.33 Å². The summed E-state index contributed by atoms with van der Waals surface area (Å²) in [5, 5.41) is 3.36. The van der Waals surface area contributed by atoms with Gasteiger partial charge in [0, 0.05) is 18.7 Å². The van der Waals surface area contributed by atoms with Gasteiger partial charge in [-0.25, -0.2) is 9.97 Å². The van der Waals surface area contributed by atoms with Gasteiger partial charge in [0.15, 0.2) is 0 Å². The number of nitrogens with one attached hydrogen (secondary N) is 1. The Kier molecular flexibility index (Phi) is 4.58. The zero-order valence-corrected chi connectivity index (χ0v) is 10.1. The highest BCUT2D eigenvalue weighted by Gasteiger charge is 2.05. The molecule has 4 heteroatoms. The van der Waals surface area contributed by atoms with Gasteiger partial charge in [0.2, 0.25) is 0 Å². The lowest BCUT2D eigenvalue weighted by atomic mass is 10.2. The lowest BCUT2D eigenvalue weighted by Gasteiger charge is -2.11. The van der Waals surface area contributed by atoms with Gasteiger partial charge in [-0.05, 0) is 36.1 Å². The Morgan fingerprint density at radius 3 is 3.00 bits per heavy atom. The Labute approximate surface area is 92.5 Å². The lowest BCUT2D eigenvalue weighted by Crippen LogP contribution is -2.28. The van der Waals surface area contributed by atoms with Crippen LogP contribution in [0.5, 0.6) is 0 Å². The summed E-state index contributed by atoms with van der Waals surface area (Å²) in [6.45, 7) is 5.28. The van der Waals surface area contributed by atoms with Crippen LogP contribution in [-0.2, 0) is 6.42 Å². The fourth-order valence-corrected chi connectivity index (χ4v) is 1.72. The highest BCUT2D eigenvalue weighted by molar-refractivity contribution is 14.1. The van der Waals surface area contributed by atoms with Crippen LogP contribution in [-0.4, -0.2) is 22.6 Å². The van der Waals surface area contributed by atoms with Crippen LogP contribution in [0.25, 0.3) is 0 Å². The van der Waals surface area contributed by atoms with Crippen LogP contribution in [0.15, 0.2) is 12.5 Å². The molecule has 1 rings (SSSR count). The minimum Gasteiger partial charge on any atom is -0.314 e. The van der Waals surface area contributed by atoms with Gasteiger partial charge in [0.25, 0.3) is 0 Å². The van der Waals surface area contributed by atoms with E-state index in [-0.39, 0.29) is 0 Å². The topological polar surface area (TPSA) is 37.8 Å². The summed E-state index contributed by atoms with van der Waals surface area (Å²) in [5.74, 6) is 0. The van der Waals surface area contributed by atoms with Crippen molar-refractivity contribution in [2.24, 2.45) is 0 Å². The van der Waals surface area contributed by atoms with E-state index in [0.717, 1.165) is 22.2 Å². The zero-order valence-electron chi connectivity index (χ0n) is 7.92. The third-order valence-corrected chi connectivity index (χ3v) is 2.70. The van der Waals surface area contributed by atoms with E-state index in [1.165, 1.54) is 0 Å². The van der Waals surface area contributed by atoms with Crippen molar-refractivity contribution in [1.29, 1.82) is 0 Å². The van der Waals surface area contributed by atoms with E-state index in [9.17, 15) is 0 Å². The lowest BCUT2D eigenvalue weighted by molar-refractivity contribution is 0.557. The molecule has 0 amide bonds. The summed E-state index contributed by atoms with van der Waals surface area (Å²) in [6, 6.07) is 0.480. The number of likely N-dealkylation sites (N-methyl/N-ethyl adjacent to an activating group) is 1. The molecular weight excluding hydrogens is 277 g/mol. The van der Waals surface area contributed by atoms with E-state index in [2.05, 4.69) is 51.7 Å². The largest absolute Gasteiger partial charge is 0.314 e. The Morgan fingerprint density at radius 1 is 1.62 bits per heavy atom. The second-order valence-electron chi connectivity index (χ2n) is 2.98. The molecule has 3 nitrogen and oxygen atoms in total. The molecule has 0 fully saturated rings. The minimum atomic E-state index is 0.480. The third-order valence-electron chi connectivity index (χ3n) is 1.80. The molecule has 1 heterocycles. The smallest absolute Gasteiger partial charge is 0.115 e. The van der Waals surface area contributed by atoms with Crippen molar-refractivity contribution < 1.29 is 0 Å². The van der Waals surface area contributed by atoms with Gasteiger partial charge in [-0.3, -0.25) is 0 Å². The number of aromatic nitrogens is 2. The van der Waals surface area contributed by atoms with Crippen molar-refractivity contribution in [3.05, 3.63) is 21.8 Å². The van der Waals surface area contributed by atoms with Crippen LogP contribution >= 0.6 is 22.6 Å². The molecule has 1 atom stereocenters. The molecule has 1 unspecified atom stereocenters. The molecule has 0 aliphatic heterocycles. The molecule has 0 saturated carbocycles. The van der Waals surface area contributed by atoms with Crippen molar-refractivity contribution in [2.45, 2.75) is 26.3 Å². The quantitative estimate of drug-likeness (QED) is 0.857. The van der Waals surface area contributed by atoms with Gasteiger partial charge in [-0.1, -0.05) is 6.92 Å². The maximum Gasteiger partial charge on any atom is 0.115 e. The number of hydrogen-bond donors (Lipinski definition) is 1. The molecule has 1 aromatic heterocycles. The predicted molar refractivity (Wildman–Crippen MR) is 61.6 cm³/mol. The van der Waals surface area contributed by atoms with Crippen molar-refractivity contribution in [3.63, 3.8) is 0 Å². The molecule has 13 heavy (non-hydrogen) atoms. The first-order chi connectivity index (χ1) is 6.24. The van der Waals surface area contributed by atoms with Crippen molar-refractivity contribution in [3.8, 4) is 0 Å². The SMILES string of the molecule is CCNC(C)Cc1ncncc1I. The van der Waals surface area contributed by atoms with Crippen LogP contribution in [0.2, 0.25) is 0 Å². The summed E-state index contributed by atoms with van der Waals surface area (Å²) in [5.41, 5.74) is 1.13. The van der Waals surface area contributed by atoms with Gasteiger partial charge in [-0.15, -0.1) is 0 Å². The standard InChI is InChI=1S/C9H14IN3/c1-3-12-7(2)4-9-8(10)5-11-6-13-9/h5-7,12H,3-4H2,1-2H3. The molecule has 1 N–H and O–H groups in total. The Morgan fingerprint density at radius 2 is 2.38 bits per heavy atom. The van der Waals surface area contributed by atoms with E-state index in [4.69, 9.17) is 0 Å². The molecule has 0 aliphatic rings. The molecule has 72 valence electrons. The maximum absolute atomic E-state index is 4.24. The van der Waals surface area contributed by atoms with Crippen LogP contribution in [0.4, 0.5) is 0 Å². The molecule has 0 aliphatic carbocycles. The molecule has 0 saturated heterocycles. The van der Waals surface area contributed by atoms with Crippen molar-refractivity contribution in [1.82, 2.24) is 15.3 Å². The van der Waals surface area contributed by atoms with E-state index >= 15 is 0 Å². The van der Waals surface area contributed by atoms with E-state index in [1.807, 2.05) is 6.20 Å². The number of rotatable bonds is 4. The first-order valence-electron chi connectivity index (χ1n) is 4.41. The summed E-state index contributed by atoms with van der Waals surface area (Å²) in [7, 11) is 0. The molecule has 1 aromatic rings. The monoisotopic (exact) mass is 291 g/mol. The normalized spacial score (nSPS) is 12.8. The number of hydrogen-bond acceptors (Lipinski definition) is 3. The maximum atomic E-state index is 4.24. The van der Waals surface area contributed by atoms with Gasteiger partial charge in [0.05, 0.1) is 9.26 Å². The van der Waals surface area contributed by atoms with Crippen LogP contribution in [0.1, 0.15) is 19.5 Å². The van der Waals surface area contributed by atoms with Crippen LogP contribution in [0, 0.1) is 3.57 Å². The second kappa shape index (κ2) is 5.49. The van der Waals surface area contributed by atoms with E-state index < -0.39 is 0 Å². The molecule has 0 radical (unpaired) electrons. The van der Waals surface area contributed by atoms with Crippen molar-refractivity contribution >= 4 is 22.6 Å². The molecular formula is C9H14IN3. The second-order valence-corrected chi connectivity index (χ2v) is 4.14. The fourth-order valence-electron chi connectivity index (χ4n) is 1.20. The van der Waals surface area contributed by atoms with E-state index in [0.29, 0.717) is 6.04 Å². The molecule has 0 spiro atoms. The highest BCUT2D eigenvalue weighted by atomic mass is 127. The average molecular weight is 291 g/mol. The number of nitrogens with zero attached hydrogens (tertiary/aromatic N) is 2. The Balaban J connectivity index is 2.58. The van der Waals surface area contributed by atoms with Gasteiger partial charge < -0.3 is 5.32 Å². The van der Waals surface area contributed by atoms with E-state index in [1.54, 1.807) is 6.33 Å². The molecule has 0 bridgehead atoms. The summed E-state index contributed by atoms with van der Waals surface area (Å²) >= 11 is 2.27. The van der Waals surface area contributed by atoms with Crippen LogP contribution < -0.4 is 5.32 Å². The first kappa shape index (κ1) is 10.8. The zero-order chi connectivity index (χ0) is 9.68. The minimum absolute atomic E-state index is 0.480. The van der Waals surface area contributed by atoms with Crippen molar-refractivity contribution in [2.75, 3.05) is 6.54 Å². The summed E-state index contributed by atoms with van der Waals surface area (Å²) < 4.78 is 1.14. The van der Waals surface area contributed by atoms with Gasteiger partial charge in [-0.2, -0.15) is 0 Å². The fraction of sp³-hybridized carbons (Fsp3) is 0.556. The summed E-state index contributed by atoms with van der Waals surface area (Å²) in [4.78, 5) is 8.20. The third kappa shape index (κ3) is 3.56. The van der Waals surface area contributed by atoms with Crippen LogP contribution in [0.3, 0.4) is 0 Å².